The molecule has 5 atom stereocenters. The molecule has 152 valence electrons. The van der Waals surface area contributed by atoms with E-state index in [0.717, 1.165) is 49.3 Å². The van der Waals surface area contributed by atoms with Gasteiger partial charge in [-0.25, -0.2) is 0 Å². The van der Waals surface area contributed by atoms with Gasteiger partial charge >= 0.3 is 0 Å². The molecule has 0 aromatic heterocycles. The number of hydrogen-bond acceptors (Lipinski definition) is 3. The Morgan fingerprint density at radius 2 is 1.83 bits per heavy atom. The summed E-state index contributed by atoms with van der Waals surface area (Å²) in [6.45, 7) is 2.29. The van der Waals surface area contributed by atoms with Crippen LogP contribution < -0.4 is 0 Å². The zero-order valence-electron chi connectivity index (χ0n) is 16.8. The fourth-order valence-electron chi connectivity index (χ4n) is 6.79. The molecule has 0 aliphatic heterocycles. The predicted octanol–water partition coefficient (Wildman–Crippen LogP) is 5.48. The minimum Gasteiger partial charge on any atom is -0.393 e. The third-order valence-corrected chi connectivity index (χ3v) is 9.19. The van der Waals surface area contributed by atoms with Crippen molar-refractivity contribution in [1.82, 2.24) is 0 Å². The van der Waals surface area contributed by atoms with Crippen LogP contribution in [0.2, 0.25) is 0 Å². The molecule has 0 amide bonds. The fraction of sp³-hybridized carbons (Fsp3) is 0.520. The highest BCUT2D eigenvalue weighted by molar-refractivity contribution is 9.12. The Kier molecular flexibility index (Phi) is 4.71. The topological polar surface area (TPSA) is 54.4 Å². The minimum atomic E-state index is -0.243. The molecule has 4 aliphatic rings. The van der Waals surface area contributed by atoms with Crippen molar-refractivity contribution in [3.05, 3.63) is 56.6 Å². The van der Waals surface area contributed by atoms with E-state index in [2.05, 4.69) is 35.0 Å². The molecule has 1 unspecified atom stereocenters. The Balaban J connectivity index is 1.69. The van der Waals surface area contributed by atoms with Crippen molar-refractivity contribution in [3.8, 4) is 0 Å². The van der Waals surface area contributed by atoms with Gasteiger partial charge in [-0.2, -0.15) is 0 Å². The minimum absolute atomic E-state index is 0.0638. The molecule has 5 rings (SSSR count). The summed E-state index contributed by atoms with van der Waals surface area (Å²) >= 11 is 3.60. The molecular formula is C25H27BrO3. The van der Waals surface area contributed by atoms with Crippen LogP contribution in [0.15, 0.2) is 45.5 Å². The van der Waals surface area contributed by atoms with Crippen LogP contribution >= 0.6 is 15.9 Å². The predicted molar refractivity (Wildman–Crippen MR) is 116 cm³/mol. The average Bonchev–Trinajstić information content (AvgIpc) is 3.04. The van der Waals surface area contributed by atoms with Crippen LogP contribution in [0.4, 0.5) is 0 Å². The highest BCUT2D eigenvalue weighted by Crippen LogP contribution is 2.64. The summed E-state index contributed by atoms with van der Waals surface area (Å²) in [6.07, 6.45) is 7.00. The van der Waals surface area contributed by atoms with Gasteiger partial charge in [-0.1, -0.05) is 36.8 Å². The van der Waals surface area contributed by atoms with E-state index in [-0.39, 0.29) is 23.2 Å². The van der Waals surface area contributed by atoms with E-state index >= 15 is 0 Å². The van der Waals surface area contributed by atoms with Gasteiger partial charge in [0.1, 0.15) is 6.29 Å². The van der Waals surface area contributed by atoms with Crippen LogP contribution in [0, 0.1) is 17.3 Å². The third-order valence-electron chi connectivity index (χ3n) is 8.27. The van der Waals surface area contributed by atoms with Gasteiger partial charge in [-0.3, -0.25) is 9.59 Å². The highest BCUT2D eigenvalue weighted by Gasteiger charge is 2.56. The number of allylic oxidation sites excluding steroid dienone is 4. The maximum Gasteiger partial charge on any atom is 0.170 e. The van der Waals surface area contributed by atoms with Gasteiger partial charge in [0.15, 0.2) is 5.78 Å². The van der Waals surface area contributed by atoms with Crippen molar-refractivity contribution in [2.45, 2.75) is 63.9 Å². The Morgan fingerprint density at radius 1 is 1.07 bits per heavy atom. The number of aldehydes is 1. The molecule has 2 fully saturated rings. The van der Waals surface area contributed by atoms with Crippen molar-refractivity contribution < 1.29 is 14.7 Å². The maximum atomic E-state index is 12.3. The number of carbonyl (C=O) groups excluding carboxylic acids is 2. The Labute approximate surface area is 180 Å². The number of carbonyl (C=O) groups is 2. The first-order valence-electron chi connectivity index (χ1n) is 10.8. The Hall–Kier alpha value is -1.52. The van der Waals surface area contributed by atoms with Crippen LogP contribution in [-0.2, 0) is 4.79 Å². The molecule has 0 saturated heterocycles. The summed E-state index contributed by atoms with van der Waals surface area (Å²) in [5.41, 5.74) is 6.01. The normalized spacial score (nSPS) is 36.6. The summed E-state index contributed by atoms with van der Waals surface area (Å²) in [7, 11) is 0. The number of aliphatic hydroxyl groups is 1. The van der Waals surface area contributed by atoms with E-state index in [0.29, 0.717) is 23.8 Å². The number of hydrogen-bond donors (Lipinski definition) is 1. The molecule has 0 radical (unpaired) electrons. The van der Waals surface area contributed by atoms with Crippen molar-refractivity contribution in [3.63, 3.8) is 0 Å². The van der Waals surface area contributed by atoms with E-state index in [1.165, 1.54) is 22.3 Å². The Bertz CT molecular complexity index is 941. The van der Waals surface area contributed by atoms with Crippen molar-refractivity contribution >= 4 is 28.0 Å². The lowest BCUT2D eigenvalue weighted by Gasteiger charge is -2.52. The number of rotatable bonds is 2. The lowest BCUT2D eigenvalue weighted by molar-refractivity contribution is -0.115. The number of ketones is 1. The van der Waals surface area contributed by atoms with Gasteiger partial charge in [0.2, 0.25) is 0 Å². The lowest BCUT2D eigenvalue weighted by Crippen LogP contribution is -2.45. The van der Waals surface area contributed by atoms with Gasteiger partial charge < -0.3 is 5.11 Å². The molecule has 3 nitrogen and oxygen atoms in total. The number of Topliss-reactive ketones (excluding diaryl/α,β-unsaturated/α-hetero) is 1. The maximum absolute atomic E-state index is 12.3. The van der Waals surface area contributed by atoms with Crippen LogP contribution in [0.3, 0.4) is 0 Å². The molecule has 29 heavy (non-hydrogen) atoms. The number of benzene rings is 1. The molecule has 1 aromatic rings. The first-order valence-corrected chi connectivity index (χ1v) is 11.6. The third kappa shape index (κ3) is 2.86. The fourth-order valence-corrected chi connectivity index (χ4v) is 7.43. The van der Waals surface area contributed by atoms with Gasteiger partial charge in [-0.15, -0.1) is 0 Å². The SMILES string of the molecule is C[C@]12C[C@H](c3ccc(C=O)cc3)C3=C4CCC(=O)C(Br)=C4CC[C@H]3[C@@H]1CCC2O. The molecule has 2 saturated carbocycles. The van der Waals surface area contributed by atoms with Crippen LogP contribution in [0.5, 0.6) is 0 Å². The highest BCUT2D eigenvalue weighted by atomic mass is 79.9. The van der Waals surface area contributed by atoms with Crippen LogP contribution in [0.1, 0.15) is 73.7 Å². The molecule has 4 aliphatic carbocycles. The molecule has 1 N–H and O–H groups in total. The van der Waals surface area contributed by atoms with E-state index in [4.69, 9.17) is 0 Å². The zero-order valence-corrected chi connectivity index (χ0v) is 18.4. The average molecular weight is 455 g/mol. The summed E-state index contributed by atoms with van der Waals surface area (Å²) in [4.78, 5) is 23.4. The monoisotopic (exact) mass is 454 g/mol. The lowest BCUT2D eigenvalue weighted by atomic mass is 9.53. The quantitative estimate of drug-likeness (QED) is 0.601. The second-order valence-electron chi connectivity index (χ2n) is 9.54. The second kappa shape index (κ2) is 7.02. The largest absolute Gasteiger partial charge is 0.393 e. The van der Waals surface area contributed by atoms with Crippen molar-refractivity contribution in [2.24, 2.45) is 17.3 Å². The molecule has 1 aromatic carbocycles. The van der Waals surface area contributed by atoms with Crippen molar-refractivity contribution in [2.75, 3.05) is 0 Å². The first kappa shape index (κ1) is 19.4. The number of halogens is 1. The van der Waals surface area contributed by atoms with Crippen molar-refractivity contribution in [1.29, 1.82) is 0 Å². The summed E-state index contributed by atoms with van der Waals surface area (Å²) in [5.74, 6) is 1.47. The molecule has 0 spiro atoms. The Morgan fingerprint density at radius 3 is 2.55 bits per heavy atom. The van der Waals surface area contributed by atoms with Gasteiger partial charge in [0.05, 0.1) is 10.6 Å². The molecule has 0 bridgehead atoms. The molecule has 0 heterocycles. The van der Waals surface area contributed by atoms with Gasteiger partial charge in [0, 0.05) is 17.9 Å². The van der Waals surface area contributed by atoms with E-state index in [9.17, 15) is 14.7 Å². The smallest absolute Gasteiger partial charge is 0.170 e. The van der Waals surface area contributed by atoms with Crippen LogP contribution in [0.25, 0.3) is 0 Å². The van der Waals surface area contributed by atoms with Gasteiger partial charge in [-0.05, 0) is 88.4 Å². The van der Waals surface area contributed by atoms with Gasteiger partial charge in [0.25, 0.3) is 0 Å². The number of aliphatic hydroxyl groups excluding tert-OH is 1. The second-order valence-corrected chi connectivity index (χ2v) is 10.3. The molecular weight excluding hydrogens is 428 g/mol. The summed E-state index contributed by atoms with van der Waals surface area (Å²) in [6, 6.07) is 7.99. The number of fused-ring (bicyclic) bond motifs is 4. The molecule has 4 heteroatoms. The summed E-state index contributed by atoms with van der Waals surface area (Å²) in [5, 5.41) is 10.9. The van der Waals surface area contributed by atoms with E-state index in [1.54, 1.807) is 0 Å². The summed E-state index contributed by atoms with van der Waals surface area (Å²) < 4.78 is 0.791. The van der Waals surface area contributed by atoms with E-state index in [1.807, 2.05) is 12.1 Å². The zero-order chi connectivity index (χ0) is 20.3. The van der Waals surface area contributed by atoms with E-state index < -0.39 is 0 Å². The van der Waals surface area contributed by atoms with Crippen LogP contribution in [-0.4, -0.2) is 23.3 Å². The first-order chi connectivity index (χ1) is 13.9. The standard InChI is InChI=1S/C25H27BrO3/c1-25-12-19(15-4-2-14(13-27)3-5-15)23-16-8-10-21(28)24(26)17(16)6-7-18(23)20(25)9-11-22(25)29/h2-5,13,18-20,22,29H,6-12H2,1H3/t18-,19+,20-,22?,25-/m0/s1.